The number of methoxy groups -OCH3 is 1. The van der Waals surface area contributed by atoms with Crippen LogP contribution in [0, 0.1) is 18.6 Å². The van der Waals surface area contributed by atoms with Gasteiger partial charge in [-0.15, -0.1) is 0 Å². The van der Waals surface area contributed by atoms with Crippen molar-refractivity contribution in [2.24, 2.45) is 0 Å². The van der Waals surface area contributed by atoms with E-state index in [0.29, 0.717) is 45.2 Å². The van der Waals surface area contributed by atoms with Crippen molar-refractivity contribution in [3.05, 3.63) is 101 Å². The molecule has 5 rings (SSSR count). The van der Waals surface area contributed by atoms with Crippen LogP contribution in [0.4, 0.5) is 19.3 Å². The van der Waals surface area contributed by atoms with E-state index in [-0.39, 0.29) is 5.89 Å². The van der Waals surface area contributed by atoms with Gasteiger partial charge in [-0.2, -0.15) is 4.98 Å². The molecule has 1 N–H and O–H groups in total. The second-order valence-electron chi connectivity index (χ2n) is 8.36. The van der Waals surface area contributed by atoms with Gasteiger partial charge in [0.2, 0.25) is 5.82 Å². The normalized spacial score (nSPS) is 15.8. The van der Waals surface area contributed by atoms with Crippen LogP contribution in [0.2, 0.25) is 0 Å². The average Bonchev–Trinajstić information content (AvgIpc) is 3.35. The van der Waals surface area contributed by atoms with Crippen LogP contribution in [0.1, 0.15) is 30.0 Å². The number of benzene rings is 3. The number of urea groups is 1. The highest BCUT2D eigenvalue weighted by molar-refractivity contribution is 6.01. The van der Waals surface area contributed by atoms with Crippen LogP contribution in [-0.2, 0) is 0 Å². The molecular weight excluding hydrogens is 466 g/mol. The predicted octanol–water partition coefficient (Wildman–Crippen LogP) is 6.03. The van der Waals surface area contributed by atoms with Crippen molar-refractivity contribution < 1.29 is 22.8 Å². The summed E-state index contributed by atoms with van der Waals surface area (Å²) in [6.07, 6.45) is 0. The molecule has 36 heavy (non-hydrogen) atoms. The molecule has 7 nitrogen and oxygen atoms in total. The van der Waals surface area contributed by atoms with Crippen LogP contribution in [0.3, 0.4) is 0 Å². The molecule has 0 bridgehead atoms. The summed E-state index contributed by atoms with van der Waals surface area (Å²) >= 11 is 0. The maximum Gasteiger partial charge on any atom is 0.327 e. The van der Waals surface area contributed by atoms with Crippen molar-refractivity contribution in [3.63, 3.8) is 0 Å². The number of hydrogen-bond donors (Lipinski definition) is 1. The minimum Gasteiger partial charge on any atom is -0.497 e. The van der Waals surface area contributed by atoms with E-state index in [1.165, 1.54) is 23.1 Å². The molecule has 0 saturated carbocycles. The molecular formula is C27H22F2N4O3. The summed E-state index contributed by atoms with van der Waals surface area (Å²) < 4.78 is 39.4. The third kappa shape index (κ3) is 4.19. The highest BCUT2D eigenvalue weighted by Crippen LogP contribution is 2.39. The number of aromatic nitrogens is 2. The number of rotatable bonds is 5. The molecule has 182 valence electrons. The summed E-state index contributed by atoms with van der Waals surface area (Å²) in [5.74, 6) is 0.179. The van der Waals surface area contributed by atoms with E-state index in [1.807, 2.05) is 6.07 Å². The molecule has 1 unspecified atom stereocenters. The van der Waals surface area contributed by atoms with E-state index in [9.17, 15) is 13.6 Å². The number of carbonyl (C=O) groups excluding carboxylic acids is 1. The quantitative estimate of drug-likeness (QED) is 0.371. The van der Waals surface area contributed by atoms with Gasteiger partial charge in [-0.25, -0.2) is 13.6 Å². The number of halogens is 2. The monoisotopic (exact) mass is 488 g/mol. The van der Waals surface area contributed by atoms with Crippen LogP contribution in [-0.4, -0.2) is 23.3 Å². The first kappa shape index (κ1) is 23.2. The fraction of sp³-hybridized carbons (Fsp3) is 0.148. The van der Waals surface area contributed by atoms with E-state index in [4.69, 9.17) is 9.26 Å². The highest BCUT2D eigenvalue weighted by atomic mass is 19.1. The van der Waals surface area contributed by atoms with Crippen LogP contribution < -0.4 is 15.0 Å². The van der Waals surface area contributed by atoms with Crippen LogP contribution in [0.25, 0.3) is 17.0 Å². The number of nitrogens with zero attached hydrogens (tertiary/aromatic N) is 3. The number of allylic oxidation sites excluding steroid dienone is 1. The Bertz CT molecular complexity index is 1500. The van der Waals surface area contributed by atoms with Crippen molar-refractivity contribution in [2.45, 2.75) is 19.9 Å². The Kier molecular flexibility index (Phi) is 5.97. The molecule has 1 aromatic heterocycles. The Hall–Kier alpha value is -4.53. The molecule has 1 aliphatic rings. The molecule has 1 atom stereocenters. The number of amides is 2. The summed E-state index contributed by atoms with van der Waals surface area (Å²) in [5.41, 5.74) is 2.85. The zero-order valence-electron chi connectivity index (χ0n) is 19.8. The molecule has 0 fully saturated rings. The smallest absolute Gasteiger partial charge is 0.327 e. The number of carbonyl (C=O) groups is 1. The molecule has 2 amide bonds. The summed E-state index contributed by atoms with van der Waals surface area (Å²) in [7, 11) is 1.56. The molecule has 0 radical (unpaired) electrons. The Morgan fingerprint density at radius 3 is 2.58 bits per heavy atom. The summed E-state index contributed by atoms with van der Waals surface area (Å²) in [5, 5.41) is 7.00. The first-order chi connectivity index (χ1) is 17.4. The van der Waals surface area contributed by atoms with Crippen molar-refractivity contribution in [2.75, 3.05) is 12.0 Å². The predicted molar refractivity (Wildman–Crippen MR) is 130 cm³/mol. The van der Waals surface area contributed by atoms with Gasteiger partial charge in [0.25, 0.3) is 5.89 Å². The maximum atomic E-state index is 14.4. The number of aryl methyl sites for hydroxylation is 1. The van der Waals surface area contributed by atoms with Crippen molar-refractivity contribution >= 4 is 17.3 Å². The molecule has 1 aliphatic heterocycles. The van der Waals surface area contributed by atoms with Crippen molar-refractivity contribution in [1.29, 1.82) is 0 Å². The zero-order valence-corrected chi connectivity index (χ0v) is 19.8. The Balaban J connectivity index is 1.66. The summed E-state index contributed by atoms with van der Waals surface area (Å²) in [6, 6.07) is 16.3. The van der Waals surface area contributed by atoms with Crippen LogP contribution in [0.15, 0.2) is 77.0 Å². The molecule has 0 saturated heterocycles. The van der Waals surface area contributed by atoms with Crippen molar-refractivity contribution in [1.82, 2.24) is 15.5 Å². The third-order valence-electron chi connectivity index (χ3n) is 6.06. The second-order valence-corrected chi connectivity index (χ2v) is 8.36. The van der Waals surface area contributed by atoms with E-state index in [1.54, 1.807) is 63.4 Å². The number of ether oxygens (including phenoxy) is 1. The van der Waals surface area contributed by atoms with Gasteiger partial charge in [0.15, 0.2) is 0 Å². The minimum absolute atomic E-state index is 0.136. The topological polar surface area (TPSA) is 80.5 Å². The average molecular weight is 488 g/mol. The van der Waals surface area contributed by atoms with Gasteiger partial charge in [0, 0.05) is 11.3 Å². The van der Waals surface area contributed by atoms with Gasteiger partial charge in [-0.05, 0) is 61.4 Å². The molecule has 3 aromatic carbocycles. The van der Waals surface area contributed by atoms with Gasteiger partial charge in [-0.3, -0.25) is 4.90 Å². The first-order valence-electron chi connectivity index (χ1n) is 11.2. The fourth-order valence-electron chi connectivity index (χ4n) is 4.20. The van der Waals surface area contributed by atoms with Gasteiger partial charge in [0.05, 0.1) is 24.4 Å². The number of anilines is 1. The number of hydrogen-bond acceptors (Lipinski definition) is 5. The largest absolute Gasteiger partial charge is 0.497 e. The van der Waals surface area contributed by atoms with Gasteiger partial charge in [0.1, 0.15) is 17.4 Å². The standard InChI is InChI=1S/C27H22F2N4O3/c1-15-10-11-20(14-22(15)29)33-16(2)23(24(30-27(33)34)17-6-4-8-19(28)12-17)26-31-25(32-36-26)18-7-5-9-21(13-18)35-3/h4-14,24H,1-3H3,(H,30,34). The fourth-order valence-corrected chi connectivity index (χ4v) is 4.20. The molecule has 4 aromatic rings. The van der Waals surface area contributed by atoms with E-state index >= 15 is 0 Å². The molecule has 9 heteroatoms. The molecule has 0 aliphatic carbocycles. The lowest BCUT2D eigenvalue weighted by molar-refractivity contribution is 0.244. The van der Waals surface area contributed by atoms with E-state index < -0.39 is 23.7 Å². The van der Waals surface area contributed by atoms with Crippen LogP contribution >= 0.6 is 0 Å². The highest BCUT2D eigenvalue weighted by Gasteiger charge is 2.36. The van der Waals surface area contributed by atoms with Crippen LogP contribution in [0.5, 0.6) is 5.75 Å². The van der Waals surface area contributed by atoms with E-state index in [2.05, 4.69) is 15.5 Å². The molecule has 2 heterocycles. The lowest BCUT2D eigenvalue weighted by Gasteiger charge is -2.35. The molecule has 0 spiro atoms. The second kappa shape index (κ2) is 9.26. The SMILES string of the molecule is COc1cccc(-c2noc(C3=C(C)N(c4ccc(C)c(F)c4)C(=O)NC3c3cccc(F)c3)n2)c1. The Morgan fingerprint density at radius 1 is 1.03 bits per heavy atom. The Labute approximate surface area is 206 Å². The maximum absolute atomic E-state index is 14.4. The van der Waals surface area contributed by atoms with Gasteiger partial charge in [-0.1, -0.05) is 35.5 Å². The van der Waals surface area contributed by atoms with E-state index in [0.717, 1.165) is 0 Å². The summed E-state index contributed by atoms with van der Waals surface area (Å²) in [6.45, 7) is 3.34. The first-order valence-corrected chi connectivity index (χ1v) is 11.2. The summed E-state index contributed by atoms with van der Waals surface area (Å²) in [4.78, 5) is 19.1. The lowest BCUT2D eigenvalue weighted by Crippen LogP contribution is -2.46. The van der Waals surface area contributed by atoms with Crippen molar-refractivity contribution in [3.8, 4) is 17.1 Å². The minimum atomic E-state index is -0.779. The Morgan fingerprint density at radius 2 is 1.83 bits per heavy atom. The van der Waals surface area contributed by atoms with Gasteiger partial charge < -0.3 is 14.6 Å². The lowest BCUT2D eigenvalue weighted by atomic mass is 9.94. The zero-order chi connectivity index (χ0) is 25.4. The number of nitrogens with one attached hydrogen (secondary N) is 1. The third-order valence-corrected chi connectivity index (χ3v) is 6.06. The van der Waals surface area contributed by atoms with Gasteiger partial charge >= 0.3 is 6.03 Å².